The number of hydrogen-bond acceptors (Lipinski definition) is 3. The van der Waals surface area contributed by atoms with Crippen molar-refractivity contribution < 1.29 is 19.8 Å². The molecule has 8 atom stereocenters. The van der Waals surface area contributed by atoms with Crippen LogP contribution < -0.4 is 0 Å². The molecule has 1 aliphatic heterocycles. The molecule has 5 fully saturated rings. The summed E-state index contributed by atoms with van der Waals surface area (Å²) in [5, 5.41) is 19.5. The normalized spacial score (nSPS) is 35.3. The molecule has 6 aliphatic rings. The number of rotatable bonds is 3. The third-order valence-corrected chi connectivity index (χ3v) is 14.7. The number of aliphatic hydroxyl groups excluding tert-OH is 1. The Bertz CT molecular complexity index is 1440. The van der Waals surface area contributed by atoms with Crippen molar-refractivity contribution in [3.05, 3.63) is 54.1 Å². The molecule has 1 aromatic rings. The van der Waals surface area contributed by atoms with Crippen molar-refractivity contribution in [1.29, 1.82) is 0 Å². The van der Waals surface area contributed by atoms with Crippen molar-refractivity contribution in [2.45, 2.75) is 132 Å². The number of carbonyl (C=O) groups is 2. The minimum absolute atomic E-state index is 0.0253. The van der Waals surface area contributed by atoms with Gasteiger partial charge in [-0.2, -0.15) is 0 Å². The van der Waals surface area contributed by atoms with Crippen LogP contribution in [0, 0.1) is 76.9 Å². The van der Waals surface area contributed by atoms with E-state index in [9.17, 15) is 19.8 Å². The summed E-state index contributed by atoms with van der Waals surface area (Å²) in [7, 11) is 0. The number of fused-ring (bicyclic) bond motifs is 7. The molecule has 1 heterocycles. The number of allylic oxidation sites excluding steroid dienone is 3. The van der Waals surface area contributed by atoms with Gasteiger partial charge in [-0.05, 0) is 147 Å². The van der Waals surface area contributed by atoms with E-state index >= 15 is 0 Å². The number of piperidine rings is 1. The van der Waals surface area contributed by atoms with E-state index in [0.717, 1.165) is 45.2 Å². The highest BCUT2D eigenvalue weighted by atomic mass is 16.4. The van der Waals surface area contributed by atoms with Gasteiger partial charge in [-0.25, -0.2) is 4.79 Å². The Kier molecular flexibility index (Phi) is 14.7. The Balaban J connectivity index is 0.000000749. The van der Waals surface area contributed by atoms with Gasteiger partial charge in [0.1, 0.15) is 0 Å². The predicted molar refractivity (Wildman–Crippen MR) is 216 cm³/mol. The van der Waals surface area contributed by atoms with Crippen molar-refractivity contribution in [2.75, 3.05) is 13.1 Å². The maximum absolute atomic E-state index is 14.2. The standard InChI is InChI=1S/C38H53NO4.C3H6.C2H6.2C2H2/c1-35(2)28(24-7-9-25(10-8-24)33(41)42)13-19-37(4)31(35)15-20-36(3)29-14-21-38(34(43)39-22-16-26(40)17-23-39)18-5-6-30(38)27(29)11-12-32(36)37;1-3-2;3*1-2/h7-10,13,26-27,29-32,40H,5-6,11-12,14-23H2,1-4H3,(H,41,42);3H,1H2,2H3;1-2H3;2*1-2H/t27-,29?,30?,31?,32?,36-,37-,38-;;;;/m0..../s1. The van der Waals surface area contributed by atoms with Gasteiger partial charge in [0.2, 0.25) is 5.91 Å². The average Bonchev–Trinajstić information content (AvgIpc) is 3.60. The summed E-state index contributed by atoms with van der Waals surface area (Å²) in [5.74, 6) is 2.79. The second kappa shape index (κ2) is 17.7. The highest BCUT2D eigenvalue weighted by Gasteiger charge is 2.66. The molecule has 0 aromatic heterocycles. The molecular formula is C47H69NO4. The molecule has 1 aromatic carbocycles. The zero-order valence-electron chi connectivity index (χ0n) is 33.5. The van der Waals surface area contributed by atoms with Crippen LogP contribution in [0.25, 0.3) is 5.57 Å². The van der Waals surface area contributed by atoms with Gasteiger partial charge in [0.15, 0.2) is 0 Å². The molecule has 286 valence electrons. The first kappa shape index (κ1) is 43.1. The number of carboxylic acids is 1. The number of carboxylic acid groups (broad SMARTS) is 1. The molecular weight excluding hydrogens is 643 g/mol. The van der Waals surface area contributed by atoms with E-state index in [4.69, 9.17) is 0 Å². The van der Waals surface area contributed by atoms with E-state index in [-0.39, 0.29) is 22.3 Å². The van der Waals surface area contributed by atoms with E-state index in [1.807, 2.05) is 32.9 Å². The molecule has 4 saturated carbocycles. The highest BCUT2D eigenvalue weighted by molar-refractivity contribution is 5.88. The summed E-state index contributed by atoms with van der Waals surface area (Å²) in [6.07, 6.45) is 33.5. The van der Waals surface area contributed by atoms with Gasteiger partial charge in [-0.1, -0.05) is 72.2 Å². The number of benzene rings is 1. The number of carbonyl (C=O) groups excluding carboxylic acids is 1. The Morgan fingerprint density at radius 2 is 1.40 bits per heavy atom. The molecule has 0 radical (unpaired) electrons. The number of nitrogens with zero attached hydrogens (tertiary/aromatic N) is 1. The van der Waals surface area contributed by atoms with Gasteiger partial charge in [-0.3, -0.25) is 4.79 Å². The van der Waals surface area contributed by atoms with Gasteiger partial charge in [0.25, 0.3) is 0 Å². The topological polar surface area (TPSA) is 77.8 Å². The van der Waals surface area contributed by atoms with E-state index in [1.54, 1.807) is 18.2 Å². The van der Waals surface area contributed by atoms with Crippen LogP contribution in [0.4, 0.5) is 0 Å². The monoisotopic (exact) mass is 712 g/mol. The lowest BCUT2D eigenvalue weighted by Crippen LogP contribution is -2.62. The third kappa shape index (κ3) is 7.42. The minimum atomic E-state index is -0.869. The summed E-state index contributed by atoms with van der Waals surface area (Å²) in [6, 6.07) is 7.54. The molecule has 1 saturated heterocycles. The maximum Gasteiger partial charge on any atom is 0.335 e. The van der Waals surface area contributed by atoms with Crippen LogP contribution in [0.2, 0.25) is 0 Å². The van der Waals surface area contributed by atoms with E-state index in [0.29, 0.717) is 46.5 Å². The van der Waals surface area contributed by atoms with Crippen LogP contribution in [0.15, 0.2) is 43.0 Å². The van der Waals surface area contributed by atoms with E-state index < -0.39 is 5.97 Å². The highest BCUT2D eigenvalue weighted by Crippen LogP contribution is 2.73. The van der Waals surface area contributed by atoms with Crippen LogP contribution >= 0.6 is 0 Å². The largest absolute Gasteiger partial charge is 0.478 e. The van der Waals surface area contributed by atoms with Crippen molar-refractivity contribution in [3.8, 4) is 25.7 Å². The first-order valence-electron chi connectivity index (χ1n) is 20.1. The molecule has 7 rings (SSSR count). The number of aromatic carboxylic acids is 1. The molecule has 52 heavy (non-hydrogen) atoms. The SMILES string of the molecule is C#C.C#C.C=CC.CC.CC1(C)C(c2ccc(C(=O)O)cc2)=CC[C@@]2(C)C1CC[C@@]1(C)C3CC[C@@]4(C(=O)N5CCC(O)CC5)CCCC4[C@H]3CCC12. The van der Waals surface area contributed by atoms with Crippen LogP contribution in [-0.2, 0) is 4.79 Å². The van der Waals surface area contributed by atoms with Crippen molar-refractivity contribution >= 4 is 17.4 Å². The van der Waals surface area contributed by atoms with Crippen molar-refractivity contribution in [2.24, 2.45) is 51.2 Å². The number of terminal acetylenes is 2. The molecule has 1 amide bonds. The second-order valence-corrected chi connectivity index (χ2v) is 17.1. The quantitative estimate of drug-likeness (QED) is 0.242. The van der Waals surface area contributed by atoms with Crippen LogP contribution in [0.5, 0.6) is 0 Å². The number of likely N-dealkylation sites (tertiary alicyclic amines) is 1. The zero-order chi connectivity index (χ0) is 39.1. The summed E-state index contributed by atoms with van der Waals surface area (Å²) < 4.78 is 0. The fourth-order valence-electron chi connectivity index (χ4n) is 12.9. The first-order valence-corrected chi connectivity index (χ1v) is 20.1. The fourth-order valence-corrected chi connectivity index (χ4v) is 12.9. The predicted octanol–water partition coefficient (Wildman–Crippen LogP) is 10.5. The van der Waals surface area contributed by atoms with Crippen LogP contribution in [0.1, 0.15) is 141 Å². The number of amides is 1. The maximum atomic E-state index is 14.2. The molecule has 4 unspecified atom stereocenters. The summed E-state index contributed by atoms with van der Waals surface area (Å²) >= 11 is 0. The average molecular weight is 712 g/mol. The Hall–Kier alpha value is -3.28. The smallest absolute Gasteiger partial charge is 0.335 e. The minimum Gasteiger partial charge on any atom is -0.478 e. The number of aliphatic hydroxyl groups is 1. The zero-order valence-corrected chi connectivity index (χ0v) is 33.5. The lowest BCUT2D eigenvalue weighted by atomic mass is 9.36. The van der Waals surface area contributed by atoms with E-state index in [2.05, 4.69) is 70.9 Å². The number of hydrogen-bond donors (Lipinski definition) is 2. The molecule has 5 nitrogen and oxygen atoms in total. The van der Waals surface area contributed by atoms with Gasteiger partial charge in [-0.15, -0.1) is 32.3 Å². The third-order valence-electron chi connectivity index (χ3n) is 14.7. The molecule has 0 spiro atoms. The van der Waals surface area contributed by atoms with Gasteiger partial charge in [0, 0.05) is 13.1 Å². The Morgan fingerprint density at radius 1 is 0.808 bits per heavy atom. The Labute approximate surface area is 317 Å². The lowest BCUT2D eigenvalue weighted by Gasteiger charge is -2.68. The first-order chi connectivity index (χ1) is 24.8. The summed E-state index contributed by atoms with van der Waals surface area (Å²) in [4.78, 5) is 27.8. The molecule has 0 bridgehead atoms. The van der Waals surface area contributed by atoms with Crippen LogP contribution in [-0.4, -0.2) is 46.2 Å². The van der Waals surface area contributed by atoms with Crippen molar-refractivity contribution in [3.63, 3.8) is 0 Å². The molecule has 2 N–H and O–H groups in total. The molecule has 5 heteroatoms. The summed E-state index contributed by atoms with van der Waals surface area (Å²) in [5.41, 5.74) is 3.37. The van der Waals surface area contributed by atoms with Gasteiger partial charge in [0.05, 0.1) is 17.1 Å². The van der Waals surface area contributed by atoms with Crippen molar-refractivity contribution in [1.82, 2.24) is 4.90 Å². The second-order valence-electron chi connectivity index (χ2n) is 17.1. The van der Waals surface area contributed by atoms with E-state index in [1.165, 1.54) is 56.1 Å². The molecule has 5 aliphatic carbocycles. The Morgan fingerprint density at radius 3 is 1.98 bits per heavy atom. The fraction of sp³-hybridized carbons (Fsp3) is 0.660. The van der Waals surface area contributed by atoms with Crippen LogP contribution in [0.3, 0.4) is 0 Å². The van der Waals surface area contributed by atoms with Gasteiger partial charge >= 0.3 is 5.97 Å². The van der Waals surface area contributed by atoms with Gasteiger partial charge < -0.3 is 15.1 Å². The summed E-state index contributed by atoms with van der Waals surface area (Å²) in [6.45, 7) is 20.9. The lowest BCUT2D eigenvalue weighted by molar-refractivity contribution is -0.185.